The van der Waals surface area contributed by atoms with Crippen molar-refractivity contribution in [1.82, 2.24) is 9.55 Å². The Hall–Kier alpha value is -6.59. The summed E-state index contributed by atoms with van der Waals surface area (Å²) in [4.78, 5) is 9.96. The first kappa shape index (κ1) is 48.4. The maximum absolute atomic E-state index is 6.98. The standard InChI is InChI=1S/C65H74N4O/c1-42(2)53-25-20-26-54(43(3)4)61(53)59-40-67(50-34-47(63(8,9)10)33-48(35-50)64(11,12)13)41-68(59)49-23-19-24-51(38-49)70-52-28-29-55-56-36-46(65(14,15)44-21-17-16-18-22-44)27-30-57(56)69(58(55)39-52)60-37-45(31-32-66-60)62(5,6)7/h16-40,42-43H,41H2,1-15H3. The Morgan fingerprint density at radius 2 is 1.11 bits per heavy atom. The summed E-state index contributed by atoms with van der Waals surface area (Å²) in [5.41, 5.74) is 15.9. The molecule has 9 rings (SSSR count). The number of pyridine rings is 1. The van der Waals surface area contributed by atoms with E-state index in [-0.39, 0.29) is 21.7 Å². The highest BCUT2D eigenvalue weighted by atomic mass is 16.5. The van der Waals surface area contributed by atoms with E-state index in [1.807, 2.05) is 6.20 Å². The number of hydrogen-bond acceptors (Lipinski definition) is 4. The van der Waals surface area contributed by atoms with Crippen LogP contribution in [0.3, 0.4) is 0 Å². The van der Waals surface area contributed by atoms with Crippen molar-refractivity contribution in [2.24, 2.45) is 0 Å². The number of hydrogen-bond donors (Lipinski definition) is 0. The van der Waals surface area contributed by atoms with Crippen molar-refractivity contribution < 1.29 is 4.74 Å². The van der Waals surface area contributed by atoms with Gasteiger partial charge in [0.2, 0.25) is 0 Å². The average Bonchev–Trinajstić information content (AvgIpc) is 3.90. The molecule has 0 aliphatic carbocycles. The number of rotatable bonds is 10. The Kier molecular flexibility index (Phi) is 12.4. The maximum Gasteiger partial charge on any atom is 0.137 e. The fraction of sp³-hybridized carbons (Fsp3) is 0.338. The molecular formula is C65H74N4O. The molecule has 0 N–H and O–H groups in total. The average molecular weight is 927 g/mol. The van der Waals surface area contributed by atoms with Gasteiger partial charge in [0.15, 0.2) is 0 Å². The van der Waals surface area contributed by atoms with Crippen molar-refractivity contribution >= 4 is 38.9 Å². The number of anilines is 2. The number of benzene rings is 6. The molecule has 0 bridgehead atoms. The molecule has 3 heterocycles. The quantitative estimate of drug-likeness (QED) is 0.137. The van der Waals surface area contributed by atoms with Gasteiger partial charge in [-0.1, -0.05) is 171 Å². The summed E-state index contributed by atoms with van der Waals surface area (Å²) in [6.45, 7) is 35.2. The topological polar surface area (TPSA) is 33.5 Å². The largest absolute Gasteiger partial charge is 0.457 e. The highest BCUT2D eigenvalue weighted by Crippen LogP contribution is 2.44. The highest BCUT2D eigenvalue weighted by molar-refractivity contribution is 6.10. The summed E-state index contributed by atoms with van der Waals surface area (Å²) >= 11 is 0. The molecule has 5 heteroatoms. The molecule has 2 aromatic heterocycles. The lowest BCUT2D eigenvalue weighted by Gasteiger charge is -2.30. The molecule has 360 valence electrons. The van der Waals surface area contributed by atoms with Crippen LogP contribution in [0.25, 0.3) is 33.3 Å². The molecule has 0 fully saturated rings. The van der Waals surface area contributed by atoms with Gasteiger partial charge < -0.3 is 14.5 Å². The first-order valence-electron chi connectivity index (χ1n) is 25.4. The van der Waals surface area contributed by atoms with Crippen LogP contribution in [0.2, 0.25) is 0 Å². The minimum Gasteiger partial charge on any atom is -0.457 e. The third-order valence-corrected chi connectivity index (χ3v) is 14.6. The van der Waals surface area contributed by atoms with E-state index in [0.717, 1.165) is 39.4 Å². The number of aromatic nitrogens is 2. The molecule has 6 aromatic carbocycles. The van der Waals surface area contributed by atoms with Crippen LogP contribution in [0.5, 0.6) is 11.5 Å². The molecule has 0 atom stereocenters. The Morgan fingerprint density at radius 1 is 0.486 bits per heavy atom. The molecule has 5 nitrogen and oxygen atoms in total. The van der Waals surface area contributed by atoms with Crippen molar-refractivity contribution in [3.05, 3.63) is 196 Å². The Balaban J connectivity index is 1.16. The molecule has 0 saturated heterocycles. The van der Waals surface area contributed by atoms with Gasteiger partial charge in [-0.15, -0.1) is 0 Å². The number of ether oxygens (including phenoxy) is 1. The summed E-state index contributed by atoms with van der Waals surface area (Å²) < 4.78 is 9.29. The third kappa shape index (κ3) is 9.28. The summed E-state index contributed by atoms with van der Waals surface area (Å²) in [7, 11) is 0. The first-order chi connectivity index (χ1) is 33.0. The van der Waals surface area contributed by atoms with Gasteiger partial charge in [0.05, 0.1) is 23.4 Å². The van der Waals surface area contributed by atoms with E-state index >= 15 is 0 Å². The molecule has 1 aliphatic rings. The molecule has 70 heavy (non-hydrogen) atoms. The van der Waals surface area contributed by atoms with E-state index in [2.05, 4.69) is 264 Å². The summed E-state index contributed by atoms with van der Waals surface area (Å²) in [5, 5.41) is 2.35. The highest BCUT2D eigenvalue weighted by Gasteiger charge is 2.32. The van der Waals surface area contributed by atoms with E-state index < -0.39 is 0 Å². The Labute approximate surface area is 418 Å². The van der Waals surface area contributed by atoms with E-state index in [0.29, 0.717) is 18.5 Å². The predicted octanol–water partition coefficient (Wildman–Crippen LogP) is 17.7. The molecule has 0 unspecified atom stereocenters. The lowest BCUT2D eigenvalue weighted by Crippen LogP contribution is -2.27. The molecule has 8 aromatic rings. The second-order valence-corrected chi connectivity index (χ2v) is 23.9. The van der Waals surface area contributed by atoms with Gasteiger partial charge in [0.25, 0.3) is 0 Å². The fourth-order valence-electron chi connectivity index (χ4n) is 10.1. The minimum absolute atomic E-state index is 0.00469. The molecule has 0 spiro atoms. The van der Waals surface area contributed by atoms with Gasteiger partial charge >= 0.3 is 0 Å². The lowest BCUT2D eigenvalue weighted by molar-refractivity contribution is 0.483. The van der Waals surface area contributed by atoms with Gasteiger partial charge in [-0.05, 0) is 128 Å². The summed E-state index contributed by atoms with van der Waals surface area (Å²) in [6.07, 6.45) is 4.35. The molecular weight excluding hydrogens is 853 g/mol. The predicted molar refractivity (Wildman–Crippen MR) is 299 cm³/mol. The van der Waals surface area contributed by atoms with E-state index in [1.165, 1.54) is 61.3 Å². The zero-order chi connectivity index (χ0) is 50.1. The smallest absolute Gasteiger partial charge is 0.137 e. The van der Waals surface area contributed by atoms with Crippen molar-refractivity contribution in [2.75, 3.05) is 16.5 Å². The Bertz CT molecular complexity index is 3200. The zero-order valence-electron chi connectivity index (χ0n) is 44.5. The first-order valence-corrected chi connectivity index (χ1v) is 25.4. The molecule has 0 radical (unpaired) electrons. The number of fused-ring (bicyclic) bond motifs is 3. The Morgan fingerprint density at radius 3 is 1.74 bits per heavy atom. The maximum atomic E-state index is 6.98. The van der Waals surface area contributed by atoms with Gasteiger partial charge in [0, 0.05) is 57.7 Å². The van der Waals surface area contributed by atoms with E-state index in [4.69, 9.17) is 9.72 Å². The van der Waals surface area contributed by atoms with Gasteiger partial charge in [0.1, 0.15) is 17.3 Å². The fourth-order valence-corrected chi connectivity index (χ4v) is 10.1. The monoisotopic (exact) mass is 927 g/mol. The van der Waals surface area contributed by atoms with E-state index in [9.17, 15) is 0 Å². The zero-order valence-corrected chi connectivity index (χ0v) is 44.5. The van der Waals surface area contributed by atoms with Gasteiger partial charge in [-0.3, -0.25) is 4.57 Å². The van der Waals surface area contributed by atoms with E-state index in [1.54, 1.807) is 0 Å². The molecule has 1 aliphatic heterocycles. The minimum atomic E-state index is -0.192. The van der Waals surface area contributed by atoms with Crippen LogP contribution in [-0.2, 0) is 21.7 Å². The number of nitrogens with zero attached hydrogens (tertiary/aromatic N) is 4. The van der Waals surface area contributed by atoms with Gasteiger partial charge in [-0.25, -0.2) is 4.98 Å². The van der Waals surface area contributed by atoms with Crippen LogP contribution in [0.1, 0.15) is 160 Å². The molecule has 0 amide bonds. The lowest BCUT2D eigenvalue weighted by atomic mass is 9.78. The molecule has 0 saturated carbocycles. The second-order valence-electron chi connectivity index (χ2n) is 23.9. The third-order valence-electron chi connectivity index (χ3n) is 14.6. The van der Waals surface area contributed by atoms with Gasteiger partial charge in [-0.2, -0.15) is 0 Å². The van der Waals surface area contributed by atoms with Crippen molar-refractivity contribution in [3.63, 3.8) is 0 Å². The van der Waals surface area contributed by atoms with Crippen molar-refractivity contribution in [3.8, 4) is 17.3 Å². The van der Waals surface area contributed by atoms with Crippen LogP contribution in [0.15, 0.2) is 152 Å². The van der Waals surface area contributed by atoms with Crippen molar-refractivity contribution in [2.45, 2.75) is 137 Å². The second kappa shape index (κ2) is 18.0. The van der Waals surface area contributed by atoms with Crippen molar-refractivity contribution in [1.29, 1.82) is 0 Å². The summed E-state index contributed by atoms with van der Waals surface area (Å²) in [6, 6.07) is 51.4. The SMILES string of the molecule is CC(C)c1cccc(C(C)C)c1C1=CN(c2cc(C(C)(C)C)cc(C(C)(C)C)c2)CN1c1cccc(Oc2ccc3c4cc(C(C)(C)c5ccccc5)ccc4n(-c4cc(C(C)(C)C)ccn4)c3c2)c1. The van der Waals surface area contributed by atoms with Crippen LogP contribution in [-0.4, -0.2) is 16.2 Å². The van der Waals surface area contributed by atoms with Crippen LogP contribution in [0, 0.1) is 0 Å². The van der Waals surface area contributed by atoms with Crippen LogP contribution in [0.4, 0.5) is 11.4 Å². The van der Waals surface area contributed by atoms with Crippen LogP contribution < -0.4 is 14.5 Å². The normalized spacial score (nSPS) is 13.9. The van der Waals surface area contributed by atoms with Crippen LogP contribution >= 0.6 is 0 Å². The summed E-state index contributed by atoms with van der Waals surface area (Å²) in [5.74, 6) is 3.13.